The standard InChI is InChI=1S/C16H20N4O2S/c1-20(2)14-8-7-12(11-18-14)19-15(21)6-3-9-17-16(22)13-5-4-10-23-13/h4-5,7-8,10-11H,3,6,9H2,1-2H3,(H,17,22)(H,19,21). The topological polar surface area (TPSA) is 74.3 Å². The largest absolute Gasteiger partial charge is 0.363 e. The van der Waals surface area contributed by atoms with E-state index in [4.69, 9.17) is 0 Å². The molecule has 0 aromatic carbocycles. The van der Waals surface area contributed by atoms with Gasteiger partial charge in [0.25, 0.3) is 5.91 Å². The minimum absolute atomic E-state index is 0.0882. The van der Waals surface area contributed by atoms with Crippen molar-refractivity contribution in [2.24, 2.45) is 0 Å². The number of aromatic nitrogens is 1. The summed E-state index contributed by atoms with van der Waals surface area (Å²) in [5.41, 5.74) is 0.670. The van der Waals surface area contributed by atoms with Gasteiger partial charge in [-0.15, -0.1) is 11.3 Å². The zero-order valence-corrected chi connectivity index (χ0v) is 14.0. The molecule has 2 rings (SSSR count). The first-order valence-electron chi connectivity index (χ1n) is 7.31. The maximum absolute atomic E-state index is 11.8. The molecule has 23 heavy (non-hydrogen) atoms. The normalized spacial score (nSPS) is 10.2. The Morgan fingerprint density at radius 3 is 2.70 bits per heavy atom. The van der Waals surface area contributed by atoms with E-state index in [0.717, 1.165) is 5.82 Å². The van der Waals surface area contributed by atoms with Crippen LogP contribution in [0.25, 0.3) is 0 Å². The lowest BCUT2D eigenvalue weighted by Crippen LogP contribution is -2.24. The molecule has 0 unspecified atom stereocenters. The molecule has 0 aliphatic rings. The molecule has 0 fully saturated rings. The molecule has 0 radical (unpaired) electrons. The van der Waals surface area contributed by atoms with Gasteiger partial charge in [0, 0.05) is 27.1 Å². The van der Waals surface area contributed by atoms with Crippen LogP contribution < -0.4 is 15.5 Å². The van der Waals surface area contributed by atoms with Gasteiger partial charge in [0.2, 0.25) is 5.91 Å². The molecule has 2 amide bonds. The average molecular weight is 332 g/mol. The molecule has 0 atom stereocenters. The van der Waals surface area contributed by atoms with E-state index < -0.39 is 0 Å². The third-order valence-electron chi connectivity index (χ3n) is 3.10. The summed E-state index contributed by atoms with van der Waals surface area (Å²) in [7, 11) is 3.82. The fraction of sp³-hybridized carbons (Fsp3) is 0.312. The summed E-state index contributed by atoms with van der Waals surface area (Å²) < 4.78 is 0. The van der Waals surface area contributed by atoms with Crippen molar-refractivity contribution in [3.8, 4) is 0 Å². The van der Waals surface area contributed by atoms with Gasteiger partial charge in [-0.25, -0.2) is 4.98 Å². The van der Waals surface area contributed by atoms with Crippen LogP contribution in [0.5, 0.6) is 0 Å². The lowest BCUT2D eigenvalue weighted by atomic mass is 10.2. The Labute approximate surface area is 139 Å². The smallest absolute Gasteiger partial charge is 0.261 e. The monoisotopic (exact) mass is 332 g/mol. The summed E-state index contributed by atoms with van der Waals surface area (Å²) in [5, 5.41) is 7.45. The molecule has 6 nitrogen and oxygen atoms in total. The Balaban J connectivity index is 1.68. The molecule has 122 valence electrons. The number of carbonyl (C=O) groups excluding carboxylic acids is 2. The molecule has 2 heterocycles. The highest BCUT2D eigenvalue weighted by Gasteiger charge is 2.07. The van der Waals surface area contributed by atoms with Gasteiger partial charge in [-0.2, -0.15) is 0 Å². The predicted octanol–water partition coefficient (Wildman–Crippen LogP) is 2.36. The van der Waals surface area contributed by atoms with Crippen LogP contribution >= 0.6 is 11.3 Å². The van der Waals surface area contributed by atoms with Crippen LogP contribution in [0, 0.1) is 0 Å². The van der Waals surface area contributed by atoms with Gasteiger partial charge < -0.3 is 15.5 Å². The number of pyridine rings is 1. The van der Waals surface area contributed by atoms with Crippen molar-refractivity contribution in [1.82, 2.24) is 10.3 Å². The van der Waals surface area contributed by atoms with Gasteiger partial charge in [-0.1, -0.05) is 6.07 Å². The van der Waals surface area contributed by atoms with E-state index in [-0.39, 0.29) is 11.8 Å². The third kappa shape index (κ3) is 5.37. The zero-order valence-electron chi connectivity index (χ0n) is 13.2. The van der Waals surface area contributed by atoms with Gasteiger partial charge >= 0.3 is 0 Å². The predicted molar refractivity (Wildman–Crippen MR) is 93.1 cm³/mol. The highest BCUT2D eigenvalue weighted by atomic mass is 32.1. The summed E-state index contributed by atoms with van der Waals surface area (Å²) >= 11 is 1.40. The van der Waals surface area contributed by atoms with Crippen LogP contribution in [-0.4, -0.2) is 37.4 Å². The van der Waals surface area contributed by atoms with E-state index in [2.05, 4.69) is 15.6 Å². The summed E-state index contributed by atoms with van der Waals surface area (Å²) in [5.74, 6) is 0.651. The van der Waals surface area contributed by atoms with Crippen LogP contribution in [0.15, 0.2) is 35.8 Å². The summed E-state index contributed by atoms with van der Waals surface area (Å²) in [6, 6.07) is 7.27. The summed E-state index contributed by atoms with van der Waals surface area (Å²) in [6.45, 7) is 0.474. The quantitative estimate of drug-likeness (QED) is 0.763. The minimum atomic E-state index is -0.0936. The van der Waals surface area contributed by atoms with Crippen molar-refractivity contribution < 1.29 is 9.59 Å². The minimum Gasteiger partial charge on any atom is -0.363 e. The molecular weight excluding hydrogens is 312 g/mol. The zero-order chi connectivity index (χ0) is 16.7. The molecule has 0 bridgehead atoms. The van der Waals surface area contributed by atoms with Crippen molar-refractivity contribution in [1.29, 1.82) is 0 Å². The number of thiophene rings is 1. The van der Waals surface area contributed by atoms with E-state index in [1.54, 1.807) is 12.3 Å². The number of nitrogens with one attached hydrogen (secondary N) is 2. The molecule has 7 heteroatoms. The second kappa shape index (κ2) is 8.28. The Kier molecular flexibility index (Phi) is 6.10. The maximum Gasteiger partial charge on any atom is 0.261 e. The van der Waals surface area contributed by atoms with E-state index in [1.807, 2.05) is 42.6 Å². The second-order valence-electron chi connectivity index (χ2n) is 5.18. The SMILES string of the molecule is CN(C)c1ccc(NC(=O)CCCNC(=O)c2cccs2)cn1. The van der Waals surface area contributed by atoms with Gasteiger partial charge in [-0.3, -0.25) is 9.59 Å². The fourth-order valence-electron chi connectivity index (χ4n) is 1.89. The van der Waals surface area contributed by atoms with Gasteiger partial charge in [0.1, 0.15) is 5.82 Å². The first kappa shape index (κ1) is 17.0. The Hall–Kier alpha value is -2.41. The molecule has 0 saturated carbocycles. The second-order valence-corrected chi connectivity index (χ2v) is 6.13. The number of carbonyl (C=O) groups is 2. The molecule has 0 aliphatic heterocycles. The fourth-order valence-corrected chi connectivity index (χ4v) is 2.53. The number of amides is 2. The maximum atomic E-state index is 11.8. The van der Waals surface area contributed by atoms with Crippen molar-refractivity contribution in [3.63, 3.8) is 0 Å². The Bertz CT molecular complexity index is 639. The van der Waals surface area contributed by atoms with E-state index in [1.165, 1.54) is 11.3 Å². The Morgan fingerprint density at radius 1 is 1.26 bits per heavy atom. The molecule has 2 aromatic rings. The Morgan fingerprint density at radius 2 is 2.09 bits per heavy atom. The first-order valence-corrected chi connectivity index (χ1v) is 8.19. The molecular formula is C16H20N4O2S. The summed E-state index contributed by atoms with van der Waals surface area (Å²) in [6.07, 6.45) is 2.57. The van der Waals surface area contributed by atoms with Crippen LogP contribution in [0.4, 0.5) is 11.5 Å². The van der Waals surface area contributed by atoms with E-state index in [9.17, 15) is 9.59 Å². The number of hydrogen-bond acceptors (Lipinski definition) is 5. The molecule has 0 spiro atoms. The van der Waals surface area contributed by atoms with Crippen molar-refractivity contribution in [2.45, 2.75) is 12.8 Å². The number of anilines is 2. The summed E-state index contributed by atoms with van der Waals surface area (Å²) in [4.78, 5) is 30.4. The van der Waals surface area contributed by atoms with Gasteiger partial charge in [0.05, 0.1) is 16.8 Å². The number of rotatable bonds is 7. The molecule has 0 saturated heterocycles. The first-order chi connectivity index (χ1) is 11.1. The highest BCUT2D eigenvalue weighted by Crippen LogP contribution is 2.12. The van der Waals surface area contributed by atoms with Crippen LogP contribution in [0.3, 0.4) is 0 Å². The van der Waals surface area contributed by atoms with Crippen molar-refractivity contribution >= 4 is 34.7 Å². The van der Waals surface area contributed by atoms with Crippen LogP contribution in [0.1, 0.15) is 22.5 Å². The lowest BCUT2D eigenvalue weighted by molar-refractivity contribution is -0.116. The lowest BCUT2D eigenvalue weighted by Gasteiger charge is -2.11. The number of nitrogens with zero attached hydrogens (tertiary/aromatic N) is 2. The van der Waals surface area contributed by atoms with Crippen LogP contribution in [0.2, 0.25) is 0 Å². The average Bonchev–Trinajstić information content (AvgIpc) is 3.06. The van der Waals surface area contributed by atoms with E-state index >= 15 is 0 Å². The molecule has 2 aromatic heterocycles. The highest BCUT2D eigenvalue weighted by molar-refractivity contribution is 7.12. The van der Waals surface area contributed by atoms with Crippen molar-refractivity contribution in [2.75, 3.05) is 30.9 Å². The third-order valence-corrected chi connectivity index (χ3v) is 3.97. The van der Waals surface area contributed by atoms with Gasteiger partial charge in [-0.05, 0) is 30.0 Å². The van der Waals surface area contributed by atoms with E-state index in [0.29, 0.717) is 30.0 Å². The number of hydrogen-bond donors (Lipinski definition) is 2. The van der Waals surface area contributed by atoms with Crippen LogP contribution in [-0.2, 0) is 4.79 Å². The molecule has 0 aliphatic carbocycles. The van der Waals surface area contributed by atoms with Crippen molar-refractivity contribution in [3.05, 3.63) is 40.7 Å². The van der Waals surface area contributed by atoms with Gasteiger partial charge in [0.15, 0.2) is 0 Å². The molecule has 2 N–H and O–H groups in total.